The maximum atomic E-state index is 6.18. The smallest absolute Gasteiger partial charge is 0.381 e. The van der Waals surface area contributed by atoms with E-state index in [9.17, 15) is 0 Å². The minimum absolute atomic E-state index is 0.607. The first kappa shape index (κ1) is 32.7. The van der Waals surface area contributed by atoms with E-state index in [-0.39, 0.29) is 0 Å². The molecule has 0 aliphatic carbocycles. The molecule has 0 heterocycles. The molecule has 0 bridgehead atoms. The summed E-state index contributed by atoms with van der Waals surface area (Å²) < 4.78 is 35.5. The molecule has 0 saturated heterocycles. The highest BCUT2D eigenvalue weighted by Gasteiger charge is 2.37. The van der Waals surface area contributed by atoms with Gasteiger partial charge in [0.1, 0.15) is 0 Å². The van der Waals surface area contributed by atoms with Crippen LogP contribution in [-0.2, 0) is 27.5 Å². The summed E-state index contributed by atoms with van der Waals surface area (Å²) in [7, 11) is -2.87. The molecule has 0 aliphatic heterocycles. The molecule has 0 rings (SSSR count). The van der Waals surface area contributed by atoms with Crippen molar-refractivity contribution in [2.75, 3.05) is 59.5 Å². The zero-order valence-electron chi connectivity index (χ0n) is 22.1. The molecular weight excluding hydrogens is 436 g/mol. The van der Waals surface area contributed by atoms with E-state index < -0.39 is 8.80 Å². The molecular formula is C26H54O6Si. The van der Waals surface area contributed by atoms with Gasteiger partial charge in [-0.1, -0.05) is 46.6 Å². The summed E-state index contributed by atoms with van der Waals surface area (Å²) in [4.78, 5) is 0. The van der Waals surface area contributed by atoms with Gasteiger partial charge >= 0.3 is 8.80 Å². The third kappa shape index (κ3) is 22.0. The van der Waals surface area contributed by atoms with Crippen LogP contribution in [0.3, 0.4) is 0 Å². The third-order valence-corrected chi connectivity index (χ3v) is 7.45. The normalized spacial score (nSPS) is 11.8. The molecule has 0 fully saturated rings. The average Bonchev–Trinajstić information content (AvgIpc) is 2.83. The molecule has 33 heavy (non-hydrogen) atoms. The molecule has 7 heteroatoms. The molecule has 198 valence electrons. The Kier molecular flexibility index (Phi) is 26.1. The van der Waals surface area contributed by atoms with Gasteiger partial charge in [-0.3, -0.25) is 0 Å². The Balaban J connectivity index is 4.24. The van der Waals surface area contributed by atoms with E-state index in [1.54, 1.807) is 5.70 Å². The lowest BCUT2D eigenvalue weighted by molar-refractivity contribution is 0.0576. The van der Waals surface area contributed by atoms with E-state index in [0.29, 0.717) is 19.8 Å². The average molecular weight is 491 g/mol. The monoisotopic (exact) mass is 490 g/mol. The van der Waals surface area contributed by atoms with Gasteiger partial charge in [0.15, 0.2) is 0 Å². The van der Waals surface area contributed by atoms with Crippen molar-refractivity contribution < 1.29 is 27.5 Å². The Hall–Kier alpha value is -0.283. The molecule has 0 amide bonds. The molecule has 0 N–H and O–H groups in total. The second kappa shape index (κ2) is 26.3. The molecule has 0 aromatic rings. The summed E-state index contributed by atoms with van der Waals surface area (Å²) in [5.41, 5.74) is 1.78. The number of ether oxygens (including phenoxy) is 3. The number of unbranched alkanes of at least 4 members (excludes halogenated alkanes) is 6. The van der Waals surface area contributed by atoms with Crippen molar-refractivity contribution >= 4 is 8.80 Å². The molecule has 0 aromatic heterocycles. The Morgan fingerprint density at radius 1 is 0.455 bits per heavy atom. The molecule has 0 radical (unpaired) electrons. The van der Waals surface area contributed by atoms with Crippen LogP contribution >= 0.6 is 0 Å². The number of hydrogen-bond acceptors (Lipinski definition) is 6. The summed E-state index contributed by atoms with van der Waals surface area (Å²) in [6, 6.07) is 0. The highest BCUT2D eigenvalue weighted by atomic mass is 28.4. The van der Waals surface area contributed by atoms with E-state index in [0.717, 1.165) is 97.4 Å². The van der Waals surface area contributed by atoms with Gasteiger partial charge in [0.2, 0.25) is 0 Å². The second-order valence-corrected chi connectivity index (χ2v) is 10.9. The van der Waals surface area contributed by atoms with Crippen LogP contribution in [0.1, 0.15) is 97.8 Å². The van der Waals surface area contributed by atoms with Crippen LogP contribution in [-0.4, -0.2) is 68.3 Å². The van der Waals surface area contributed by atoms with Crippen molar-refractivity contribution in [3.8, 4) is 0 Å². The number of hydrogen-bond donors (Lipinski definition) is 0. The molecule has 6 nitrogen and oxygen atoms in total. The fraction of sp³-hybridized carbons (Fsp3) is 0.923. The largest absolute Gasteiger partial charge is 0.529 e. The molecule has 0 unspecified atom stereocenters. The van der Waals surface area contributed by atoms with Gasteiger partial charge in [-0.05, 0) is 63.5 Å². The summed E-state index contributed by atoms with van der Waals surface area (Å²) >= 11 is 0. The fourth-order valence-corrected chi connectivity index (χ4v) is 4.80. The fourth-order valence-electron chi connectivity index (χ4n) is 2.91. The molecule has 0 saturated carbocycles. The Labute approximate surface area is 206 Å². The molecule has 0 spiro atoms. The molecule has 0 atom stereocenters. The summed E-state index contributed by atoms with van der Waals surface area (Å²) in [5.74, 6) is 0. The maximum absolute atomic E-state index is 6.18. The summed E-state index contributed by atoms with van der Waals surface area (Å²) in [5, 5.41) is 0. The van der Waals surface area contributed by atoms with Gasteiger partial charge in [-0.25, -0.2) is 0 Å². The second-order valence-electron chi connectivity index (χ2n) is 8.37. The minimum atomic E-state index is -2.87. The molecule has 0 aliphatic rings. The Morgan fingerprint density at radius 3 is 1.00 bits per heavy atom. The van der Waals surface area contributed by atoms with E-state index >= 15 is 0 Å². The first-order valence-electron chi connectivity index (χ1n) is 13.5. The quantitative estimate of drug-likeness (QED) is 0.0922. The maximum Gasteiger partial charge on any atom is 0.529 e. The van der Waals surface area contributed by atoms with Crippen molar-refractivity contribution in [1.29, 1.82) is 0 Å². The Bertz CT molecular complexity index is 347. The van der Waals surface area contributed by atoms with Crippen LogP contribution in [0.15, 0.2) is 12.3 Å². The van der Waals surface area contributed by atoms with Crippen LogP contribution in [0.2, 0.25) is 0 Å². The zero-order chi connectivity index (χ0) is 24.3. The standard InChI is InChI=1S/C26H54O6Si/c1-5-9-18-27-21-12-15-24-30-33(8-4,31-25-16-13-22-28-19-10-6-2)32-26-17-14-23-29-20-11-7-3/h8H,4-7,9-26H2,1-3H3. The van der Waals surface area contributed by atoms with E-state index in [4.69, 9.17) is 27.5 Å². The predicted molar refractivity (Wildman–Crippen MR) is 139 cm³/mol. The van der Waals surface area contributed by atoms with Crippen LogP contribution in [0.4, 0.5) is 0 Å². The van der Waals surface area contributed by atoms with E-state index in [1.807, 2.05) is 0 Å². The lowest BCUT2D eigenvalue weighted by Gasteiger charge is -2.27. The van der Waals surface area contributed by atoms with Gasteiger partial charge < -0.3 is 27.5 Å². The van der Waals surface area contributed by atoms with Crippen LogP contribution < -0.4 is 0 Å². The highest BCUT2D eigenvalue weighted by Crippen LogP contribution is 2.14. The van der Waals surface area contributed by atoms with Crippen molar-refractivity contribution in [3.05, 3.63) is 12.3 Å². The van der Waals surface area contributed by atoms with Crippen LogP contribution in [0.5, 0.6) is 0 Å². The van der Waals surface area contributed by atoms with E-state index in [1.165, 1.54) is 19.3 Å². The predicted octanol–water partition coefficient (Wildman–Crippen LogP) is 6.49. The van der Waals surface area contributed by atoms with Crippen molar-refractivity contribution in [2.24, 2.45) is 0 Å². The van der Waals surface area contributed by atoms with Crippen molar-refractivity contribution in [1.82, 2.24) is 0 Å². The van der Waals surface area contributed by atoms with Gasteiger partial charge in [0.25, 0.3) is 0 Å². The van der Waals surface area contributed by atoms with Gasteiger partial charge in [-0.15, -0.1) is 0 Å². The topological polar surface area (TPSA) is 55.4 Å². The minimum Gasteiger partial charge on any atom is -0.381 e. The van der Waals surface area contributed by atoms with Crippen LogP contribution in [0, 0.1) is 0 Å². The van der Waals surface area contributed by atoms with Gasteiger partial charge in [-0.2, -0.15) is 0 Å². The van der Waals surface area contributed by atoms with Crippen LogP contribution in [0.25, 0.3) is 0 Å². The molecule has 0 aromatic carbocycles. The highest BCUT2D eigenvalue weighted by molar-refractivity contribution is 6.66. The lowest BCUT2D eigenvalue weighted by atomic mass is 10.3. The SMILES string of the molecule is C=C[Si](OCCCCOCCCC)(OCCCCOCCCC)OCCCCOCCCC. The Morgan fingerprint density at radius 2 is 0.727 bits per heavy atom. The van der Waals surface area contributed by atoms with Crippen molar-refractivity contribution in [3.63, 3.8) is 0 Å². The lowest BCUT2D eigenvalue weighted by Crippen LogP contribution is -2.45. The van der Waals surface area contributed by atoms with E-state index in [2.05, 4.69) is 27.4 Å². The van der Waals surface area contributed by atoms with Crippen molar-refractivity contribution in [2.45, 2.75) is 97.8 Å². The zero-order valence-corrected chi connectivity index (χ0v) is 23.1. The first-order chi connectivity index (χ1) is 16.2. The number of rotatable bonds is 28. The first-order valence-corrected chi connectivity index (χ1v) is 15.3. The summed E-state index contributed by atoms with van der Waals surface area (Å²) in [6.07, 6.45) is 12.6. The third-order valence-electron chi connectivity index (χ3n) is 5.14. The van der Waals surface area contributed by atoms with Gasteiger partial charge in [0.05, 0.1) is 0 Å². The van der Waals surface area contributed by atoms with Gasteiger partial charge in [0, 0.05) is 59.5 Å². The summed E-state index contributed by atoms with van der Waals surface area (Å²) in [6.45, 7) is 17.2.